The molecule has 9 nitrogen and oxygen atoms in total. The Morgan fingerprint density at radius 1 is 1.18 bits per heavy atom. The summed E-state index contributed by atoms with van der Waals surface area (Å²) in [5, 5.41) is 8.96. The fourth-order valence-electron chi connectivity index (χ4n) is 4.09. The van der Waals surface area contributed by atoms with Crippen molar-refractivity contribution >= 4 is 35.3 Å². The first kappa shape index (κ1) is 27.6. The molecule has 3 unspecified atom stereocenters. The van der Waals surface area contributed by atoms with E-state index in [0.29, 0.717) is 12.3 Å². The van der Waals surface area contributed by atoms with Gasteiger partial charge in [-0.25, -0.2) is 14.4 Å². The van der Waals surface area contributed by atoms with Crippen molar-refractivity contribution in [1.82, 2.24) is 29.9 Å². The molecule has 0 aromatic carbocycles. The van der Waals surface area contributed by atoms with Gasteiger partial charge in [-0.2, -0.15) is 23.4 Å². The summed E-state index contributed by atoms with van der Waals surface area (Å²) in [6.07, 6.45) is -2.32. The summed E-state index contributed by atoms with van der Waals surface area (Å²) in [4.78, 5) is 24.4. The van der Waals surface area contributed by atoms with E-state index in [4.69, 9.17) is 28.3 Å². The third kappa shape index (κ3) is 5.84. The molecule has 1 aliphatic heterocycles. The number of carbonyl (C=O) groups excluding carboxylic acids is 1. The van der Waals surface area contributed by atoms with Crippen molar-refractivity contribution in [2.24, 2.45) is 0 Å². The highest BCUT2D eigenvalue weighted by atomic mass is 19.4. The molecular weight excluding hydrogens is 503 g/mol. The van der Waals surface area contributed by atoms with Crippen molar-refractivity contribution in [1.29, 1.82) is 0 Å². The van der Waals surface area contributed by atoms with E-state index < -0.39 is 46.5 Å². The van der Waals surface area contributed by atoms with E-state index >= 15 is 0 Å². The standard InChI is InChI=1S/C22H20B3F4N7O2/c1-11-10-35(16(12(2)38-11)9-31-19-14(26)7-13(8-30-19)22(27,28)29)20(37)18-15(36-32-5-6-33-36)3-4-17(34-18)21(23,24)25/h3-8,11-12,16H,9-10H2,1-2H3,(H,30,31). The van der Waals surface area contributed by atoms with Gasteiger partial charge in [-0.1, -0.05) is 5.11 Å². The molecule has 16 heteroatoms. The van der Waals surface area contributed by atoms with Gasteiger partial charge in [0.1, 0.15) is 5.69 Å². The lowest BCUT2D eigenvalue weighted by molar-refractivity contribution is -0.138. The predicted molar refractivity (Wildman–Crippen MR) is 131 cm³/mol. The number of nitrogens with one attached hydrogen (secondary N) is 1. The number of aromatic nitrogens is 5. The molecule has 0 saturated carbocycles. The first-order valence-corrected chi connectivity index (χ1v) is 11.4. The number of morpholine rings is 1. The van der Waals surface area contributed by atoms with Crippen LogP contribution < -0.4 is 5.32 Å². The van der Waals surface area contributed by atoms with Crippen LogP contribution in [0, 0.1) is 5.82 Å². The molecule has 3 aromatic rings. The molecule has 192 valence electrons. The number of amides is 1. The van der Waals surface area contributed by atoms with Crippen molar-refractivity contribution in [2.75, 3.05) is 18.4 Å². The molecule has 6 radical (unpaired) electrons. The predicted octanol–water partition coefficient (Wildman–Crippen LogP) is 1.56. The number of pyridine rings is 2. The topological polar surface area (TPSA) is 98.1 Å². The molecule has 3 aromatic heterocycles. The van der Waals surface area contributed by atoms with E-state index in [1.54, 1.807) is 13.8 Å². The zero-order valence-corrected chi connectivity index (χ0v) is 20.4. The Hall–Kier alpha value is -3.42. The number of ether oxygens (including phenoxy) is 1. The van der Waals surface area contributed by atoms with Gasteiger partial charge in [-0.05, 0) is 32.0 Å². The van der Waals surface area contributed by atoms with Gasteiger partial charge in [-0.3, -0.25) is 4.79 Å². The second kappa shape index (κ2) is 10.4. The molecule has 3 atom stereocenters. The molecular formula is C22H20B3F4N7O2. The fraction of sp³-hybridized carbons (Fsp3) is 0.409. The molecule has 1 N–H and O–H groups in total. The Morgan fingerprint density at radius 2 is 1.87 bits per heavy atom. The van der Waals surface area contributed by atoms with E-state index in [0.717, 1.165) is 0 Å². The maximum Gasteiger partial charge on any atom is 0.417 e. The van der Waals surface area contributed by atoms with Gasteiger partial charge in [0.05, 0.1) is 59.7 Å². The van der Waals surface area contributed by atoms with Crippen LogP contribution in [0.2, 0.25) is 0 Å². The molecule has 1 aliphatic rings. The SMILES string of the molecule is [B]C([B])([B])c1ccc(-n2nccn2)c(C(=O)N2CC(C)OC(C)C2CNc2ncc(C(F)(F)F)cc2F)n1. The monoisotopic (exact) mass is 523 g/mol. The van der Waals surface area contributed by atoms with Crippen molar-refractivity contribution in [3.63, 3.8) is 0 Å². The molecule has 4 rings (SSSR count). The van der Waals surface area contributed by atoms with Crippen LogP contribution in [0.5, 0.6) is 0 Å². The summed E-state index contributed by atoms with van der Waals surface area (Å²) < 4.78 is 58.9. The lowest BCUT2D eigenvalue weighted by atomic mass is 9.41. The van der Waals surface area contributed by atoms with Crippen molar-refractivity contribution < 1.29 is 27.1 Å². The first-order valence-electron chi connectivity index (χ1n) is 11.4. The minimum Gasteiger partial charge on any atom is -0.372 e. The highest BCUT2D eigenvalue weighted by Gasteiger charge is 2.38. The molecule has 0 aliphatic carbocycles. The molecule has 1 amide bonds. The number of halogens is 4. The van der Waals surface area contributed by atoms with Crippen LogP contribution in [-0.2, 0) is 16.0 Å². The van der Waals surface area contributed by atoms with E-state index in [-0.39, 0.29) is 36.3 Å². The molecule has 4 heterocycles. The van der Waals surface area contributed by atoms with Gasteiger partial charge < -0.3 is 15.0 Å². The Kier molecular flexibility index (Phi) is 7.55. The first-order chi connectivity index (χ1) is 17.8. The molecule has 1 saturated heterocycles. The summed E-state index contributed by atoms with van der Waals surface area (Å²) >= 11 is 0. The average Bonchev–Trinajstić information content (AvgIpc) is 3.36. The normalized spacial score (nSPS) is 20.4. The quantitative estimate of drug-likeness (QED) is 0.387. The maximum absolute atomic E-state index is 14.4. The van der Waals surface area contributed by atoms with Crippen LogP contribution in [0.4, 0.5) is 23.4 Å². The van der Waals surface area contributed by atoms with E-state index in [9.17, 15) is 22.4 Å². The van der Waals surface area contributed by atoms with Gasteiger partial charge in [0.2, 0.25) is 0 Å². The van der Waals surface area contributed by atoms with Crippen LogP contribution in [0.1, 0.15) is 35.6 Å². The number of nitrogens with zero attached hydrogens (tertiary/aromatic N) is 6. The second-order valence-corrected chi connectivity index (χ2v) is 8.93. The Balaban J connectivity index is 1.66. The number of hydrogen-bond acceptors (Lipinski definition) is 7. The second-order valence-electron chi connectivity index (χ2n) is 8.93. The largest absolute Gasteiger partial charge is 0.417 e. The van der Waals surface area contributed by atoms with Gasteiger partial charge in [0.25, 0.3) is 5.91 Å². The maximum atomic E-state index is 14.4. The Bertz CT molecular complexity index is 1310. The lowest BCUT2D eigenvalue weighted by Gasteiger charge is -2.43. The molecule has 38 heavy (non-hydrogen) atoms. The van der Waals surface area contributed by atoms with E-state index in [1.165, 1.54) is 34.2 Å². The van der Waals surface area contributed by atoms with Gasteiger partial charge >= 0.3 is 6.18 Å². The van der Waals surface area contributed by atoms with Crippen LogP contribution in [-0.4, -0.2) is 90.6 Å². The Morgan fingerprint density at radius 3 is 2.47 bits per heavy atom. The molecule has 0 bridgehead atoms. The third-order valence-electron chi connectivity index (χ3n) is 5.91. The Labute approximate surface area is 219 Å². The van der Waals surface area contributed by atoms with Gasteiger partial charge in [-0.15, -0.1) is 4.80 Å². The number of rotatable bonds is 6. The molecule has 0 spiro atoms. The van der Waals surface area contributed by atoms with Gasteiger partial charge in [0.15, 0.2) is 17.3 Å². The van der Waals surface area contributed by atoms with Crippen molar-refractivity contribution in [3.05, 3.63) is 59.6 Å². The minimum atomic E-state index is -4.74. The number of carbonyl (C=O) groups is 1. The number of alkyl halides is 3. The van der Waals surface area contributed by atoms with E-state index in [1.807, 2.05) is 0 Å². The highest BCUT2D eigenvalue weighted by Crippen LogP contribution is 2.30. The van der Waals surface area contributed by atoms with Crippen molar-refractivity contribution in [2.45, 2.75) is 43.4 Å². The smallest absolute Gasteiger partial charge is 0.372 e. The summed E-state index contributed by atoms with van der Waals surface area (Å²) in [5.74, 6) is -2.17. The van der Waals surface area contributed by atoms with Gasteiger partial charge in [0, 0.05) is 25.0 Å². The third-order valence-corrected chi connectivity index (χ3v) is 5.91. The van der Waals surface area contributed by atoms with E-state index in [2.05, 4.69) is 25.5 Å². The fourth-order valence-corrected chi connectivity index (χ4v) is 4.09. The summed E-state index contributed by atoms with van der Waals surface area (Å²) in [5.41, 5.74) is -1.07. The zero-order chi connectivity index (χ0) is 27.8. The summed E-state index contributed by atoms with van der Waals surface area (Å²) in [7, 11) is 17.4. The van der Waals surface area contributed by atoms with Crippen LogP contribution in [0.15, 0.2) is 36.8 Å². The summed E-state index contributed by atoms with van der Waals surface area (Å²) in [6.45, 7) is 3.50. The van der Waals surface area contributed by atoms with Crippen molar-refractivity contribution in [3.8, 4) is 5.69 Å². The summed E-state index contributed by atoms with van der Waals surface area (Å²) in [6, 6.07) is 2.58. The average molecular weight is 523 g/mol. The zero-order valence-electron chi connectivity index (χ0n) is 20.4. The molecule has 1 fully saturated rings. The number of anilines is 1. The number of hydrogen-bond donors (Lipinski definition) is 1. The minimum absolute atomic E-state index is 0.0248. The van der Waals surface area contributed by atoms with Crippen LogP contribution in [0.3, 0.4) is 0 Å². The van der Waals surface area contributed by atoms with Crippen LogP contribution in [0.25, 0.3) is 5.69 Å². The van der Waals surface area contributed by atoms with Crippen LogP contribution >= 0.6 is 0 Å². The lowest BCUT2D eigenvalue weighted by Crippen LogP contribution is -2.58. The highest BCUT2D eigenvalue weighted by molar-refractivity contribution is 6.58.